The molecule has 1 aromatic heterocycles. The summed E-state index contributed by atoms with van der Waals surface area (Å²) >= 11 is 1.66. The van der Waals surface area contributed by atoms with Crippen LogP contribution in [0.25, 0.3) is 22.0 Å². The lowest BCUT2D eigenvalue weighted by atomic mass is 9.81. The van der Waals surface area contributed by atoms with Crippen LogP contribution >= 0.6 is 11.8 Å². The minimum atomic E-state index is -0.628. The van der Waals surface area contributed by atoms with E-state index in [-0.39, 0.29) is 29.1 Å². The average molecular weight is 580 g/mol. The summed E-state index contributed by atoms with van der Waals surface area (Å²) < 4.78 is 31.0. The number of hydrogen-bond donors (Lipinski definition) is 0. The van der Waals surface area contributed by atoms with Gasteiger partial charge in [0, 0.05) is 83.5 Å². The van der Waals surface area contributed by atoms with Crippen LogP contribution in [-0.2, 0) is 11.3 Å². The van der Waals surface area contributed by atoms with Crippen LogP contribution in [0.1, 0.15) is 26.3 Å². The fraction of sp³-hybridized carbons (Fsp3) is 0.452. The number of hydrogen-bond acceptors (Lipinski definition) is 6. The van der Waals surface area contributed by atoms with E-state index in [4.69, 9.17) is 0 Å². The highest BCUT2D eigenvalue weighted by Crippen LogP contribution is 2.48. The third-order valence-electron chi connectivity index (χ3n) is 8.89. The number of piperazine rings is 1. The molecule has 2 fully saturated rings. The molecule has 0 saturated carbocycles. The minimum Gasteiger partial charge on any atom is -0.349 e. The van der Waals surface area contributed by atoms with Crippen molar-refractivity contribution in [2.45, 2.75) is 51.2 Å². The molecule has 3 aliphatic rings. The van der Waals surface area contributed by atoms with Crippen LogP contribution in [0.2, 0.25) is 0 Å². The molecule has 0 N–H and O–H groups in total. The van der Waals surface area contributed by atoms with E-state index < -0.39 is 11.6 Å². The van der Waals surface area contributed by atoms with Crippen molar-refractivity contribution in [2.24, 2.45) is 5.41 Å². The first kappa shape index (κ1) is 27.9. The predicted octanol–water partition coefficient (Wildman–Crippen LogP) is 4.69. The zero-order valence-corrected chi connectivity index (χ0v) is 24.7. The lowest BCUT2D eigenvalue weighted by Crippen LogP contribution is -2.60. The molecule has 0 radical (unpaired) electrons. The quantitative estimate of drug-likeness (QED) is 0.418. The van der Waals surface area contributed by atoms with Gasteiger partial charge in [0.05, 0.1) is 5.52 Å². The SMILES string of the molecule is C=CC(=O)N1C[C@H](C)N(c2nc(=O)n3c4c(c(-c5ccc(F)cc5F)c(C)cc24)SCC2(CN(CC)C2)C3)C[C@H]1C. The van der Waals surface area contributed by atoms with Gasteiger partial charge >= 0.3 is 5.69 Å². The van der Waals surface area contributed by atoms with Gasteiger partial charge in [-0.1, -0.05) is 13.5 Å². The van der Waals surface area contributed by atoms with Crippen molar-refractivity contribution in [3.63, 3.8) is 0 Å². The number of carbonyl (C=O) groups excluding carboxylic acids is 1. The third-order valence-corrected chi connectivity index (χ3v) is 10.3. The number of aryl methyl sites for hydroxylation is 1. The second-order valence-corrected chi connectivity index (χ2v) is 12.8. The second-order valence-electron chi connectivity index (χ2n) is 11.9. The molecule has 10 heteroatoms. The summed E-state index contributed by atoms with van der Waals surface area (Å²) in [7, 11) is 0. The van der Waals surface area contributed by atoms with Gasteiger partial charge < -0.3 is 14.7 Å². The molecule has 6 rings (SSSR count). The molecule has 2 saturated heterocycles. The molecular formula is C31H35F2N5O2S. The lowest BCUT2D eigenvalue weighted by molar-refractivity contribution is -0.128. The van der Waals surface area contributed by atoms with Gasteiger partial charge in [-0.3, -0.25) is 9.36 Å². The lowest BCUT2D eigenvalue weighted by Gasteiger charge is -2.49. The Bertz CT molecular complexity index is 1630. The highest BCUT2D eigenvalue weighted by Gasteiger charge is 2.45. The van der Waals surface area contributed by atoms with Gasteiger partial charge in [0.15, 0.2) is 0 Å². The standard InChI is InChI=1S/C31H35F2N5O2S/c1-6-25(39)36-12-20(5)37(13-19(36)4)29-23-10-18(3)26(22-9-8-21(32)11-24(22)33)28-27(23)38(30(40)34-29)16-31(17-41-28)14-35(7-2)15-31/h6,8-11,19-20H,1,7,12-17H2,2-5H3/t19-,20+/m1/s1. The molecule has 2 atom stereocenters. The van der Waals surface area contributed by atoms with Crippen LogP contribution in [-0.4, -0.2) is 75.8 Å². The van der Waals surface area contributed by atoms with E-state index >= 15 is 4.39 Å². The van der Waals surface area contributed by atoms with E-state index in [1.54, 1.807) is 21.2 Å². The molecule has 3 aromatic rings. The summed E-state index contributed by atoms with van der Waals surface area (Å²) in [5, 5.41) is 0.835. The molecule has 2 aromatic carbocycles. The first-order valence-corrected chi connectivity index (χ1v) is 15.1. The van der Waals surface area contributed by atoms with Crippen molar-refractivity contribution < 1.29 is 13.6 Å². The smallest absolute Gasteiger partial charge is 0.349 e. The average Bonchev–Trinajstić information content (AvgIpc) is 3.10. The summed E-state index contributed by atoms with van der Waals surface area (Å²) in [5.41, 5.74) is 2.18. The zero-order valence-electron chi connectivity index (χ0n) is 23.9. The van der Waals surface area contributed by atoms with Crippen molar-refractivity contribution in [3.05, 3.63) is 64.6 Å². The zero-order chi connectivity index (χ0) is 29.2. The number of carbonyl (C=O) groups is 1. The van der Waals surface area contributed by atoms with E-state index in [2.05, 4.69) is 28.3 Å². The van der Waals surface area contributed by atoms with Gasteiger partial charge in [-0.05, 0) is 57.2 Å². The summed E-state index contributed by atoms with van der Waals surface area (Å²) in [6.07, 6.45) is 1.34. The Morgan fingerprint density at radius 1 is 1.17 bits per heavy atom. The summed E-state index contributed by atoms with van der Waals surface area (Å²) in [5.74, 6) is -0.00313. The van der Waals surface area contributed by atoms with Gasteiger partial charge in [0.2, 0.25) is 5.91 Å². The van der Waals surface area contributed by atoms with Gasteiger partial charge in [-0.2, -0.15) is 4.98 Å². The first-order valence-electron chi connectivity index (χ1n) is 14.1. The normalized spacial score (nSPS) is 22.1. The monoisotopic (exact) mass is 579 g/mol. The van der Waals surface area contributed by atoms with E-state index in [1.165, 1.54) is 18.2 Å². The fourth-order valence-corrected chi connectivity index (χ4v) is 8.32. The first-order chi connectivity index (χ1) is 19.6. The Kier molecular flexibility index (Phi) is 6.97. The van der Waals surface area contributed by atoms with Gasteiger partial charge in [0.25, 0.3) is 0 Å². The predicted molar refractivity (Wildman–Crippen MR) is 160 cm³/mol. The minimum absolute atomic E-state index is 0.0899. The van der Waals surface area contributed by atoms with E-state index in [0.717, 1.165) is 52.8 Å². The second kappa shape index (κ2) is 10.2. The molecule has 4 heterocycles. The largest absolute Gasteiger partial charge is 0.350 e. The topological polar surface area (TPSA) is 61.7 Å². The van der Waals surface area contributed by atoms with Crippen LogP contribution in [0.15, 0.2) is 46.6 Å². The Morgan fingerprint density at radius 3 is 2.61 bits per heavy atom. The molecule has 1 spiro atoms. The molecule has 0 unspecified atom stereocenters. The summed E-state index contributed by atoms with van der Waals surface area (Å²) in [4.78, 5) is 38.2. The maximum atomic E-state index is 15.3. The van der Waals surface area contributed by atoms with Crippen LogP contribution in [0.3, 0.4) is 0 Å². The fourth-order valence-electron chi connectivity index (χ4n) is 6.82. The molecule has 0 aliphatic carbocycles. The number of amides is 1. The van der Waals surface area contributed by atoms with Crippen molar-refractivity contribution >= 4 is 34.4 Å². The Labute approximate surface area is 242 Å². The molecule has 1 amide bonds. The van der Waals surface area contributed by atoms with Crippen molar-refractivity contribution in [2.75, 3.05) is 43.4 Å². The molecule has 41 heavy (non-hydrogen) atoms. The Morgan fingerprint density at radius 2 is 1.93 bits per heavy atom. The van der Waals surface area contributed by atoms with Gasteiger partial charge in [-0.15, -0.1) is 11.8 Å². The highest BCUT2D eigenvalue weighted by molar-refractivity contribution is 7.99. The van der Waals surface area contributed by atoms with Gasteiger partial charge in [-0.25, -0.2) is 13.6 Å². The molecular weight excluding hydrogens is 544 g/mol. The maximum absolute atomic E-state index is 15.3. The highest BCUT2D eigenvalue weighted by atomic mass is 32.2. The molecule has 0 bridgehead atoms. The molecule has 216 valence electrons. The number of likely N-dealkylation sites (tertiary alicyclic amines) is 1. The van der Waals surface area contributed by atoms with E-state index in [1.807, 2.05) is 26.8 Å². The Hall–Kier alpha value is -3.24. The van der Waals surface area contributed by atoms with Crippen molar-refractivity contribution in [3.8, 4) is 11.1 Å². The number of rotatable bonds is 4. The van der Waals surface area contributed by atoms with Crippen molar-refractivity contribution in [1.82, 2.24) is 19.4 Å². The summed E-state index contributed by atoms with van der Waals surface area (Å²) in [6.45, 7) is 16.0. The van der Waals surface area contributed by atoms with Crippen LogP contribution in [0.4, 0.5) is 14.6 Å². The summed E-state index contributed by atoms with van der Waals surface area (Å²) in [6, 6.07) is 5.48. The van der Waals surface area contributed by atoms with Crippen molar-refractivity contribution in [1.29, 1.82) is 0 Å². The number of nitrogens with zero attached hydrogens (tertiary/aromatic N) is 5. The number of halogens is 2. The van der Waals surface area contributed by atoms with E-state index in [0.29, 0.717) is 36.6 Å². The Balaban J connectivity index is 1.57. The van der Waals surface area contributed by atoms with Crippen LogP contribution in [0.5, 0.6) is 0 Å². The van der Waals surface area contributed by atoms with Crippen LogP contribution in [0, 0.1) is 24.0 Å². The third kappa shape index (κ3) is 4.55. The maximum Gasteiger partial charge on any atom is 0.350 e. The number of benzene rings is 2. The number of thioether (sulfide) groups is 1. The van der Waals surface area contributed by atoms with E-state index in [9.17, 15) is 14.0 Å². The number of aromatic nitrogens is 2. The number of anilines is 1. The molecule has 7 nitrogen and oxygen atoms in total. The molecule has 3 aliphatic heterocycles. The van der Waals surface area contributed by atoms with Gasteiger partial charge in [0.1, 0.15) is 17.5 Å². The van der Waals surface area contributed by atoms with Crippen LogP contribution < -0.4 is 10.6 Å².